The molecule has 3 rings (SSSR count). The molecule has 0 bridgehead atoms. The van der Waals surface area contributed by atoms with Crippen molar-refractivity contribution in [2.75, 3.05) is 51.1 Å². The van der Waals surface area contributed by atoms with Gasteiger partial charge in [0.2, 0.25) is 5.91 Å². The summed E-state index contributed by atoms with van der Waals surface area (Å²) in [5.41, 5.74) is 0.741. The Morgan fingerprint density at radius 2 is 1.52 bits per heavy atom. The number of nitrogens with one attached hydrogen (secondary N) is 1. The highest BCUT2D eigenvalue weighted by atomic mass is 79.9. The molecule has 1 amide bonds. The average molecular weight is 459 g/mol. The van der Waals surface area contributed by atoms with Gasteiger partial charge in [0, 0.05) is 43.7 Å². The van der Waals surface area contributed by atoms with E-state index in [1.807, 2.05) is 29.2 Å². The molecule has 9 heteroatoms. The molecule has 2 heterocycles. The fourth-order valence-corrected chi connectivity index (χ4v) is 5.56. The van der Waals surface area contributed by atoms with Gasteiger partial charge in [-0.15, -0.1) is 0 Å². The van der Waals surface area contributed by atoms with E-state index in [2.05, 4.69) is 21.2 Å². The monoisotopic (exact) mass is 458 g/mol. The number of rotatable bonds is 5. The van der Waals surface area contributed by atoms with Gasteiger partial charge in [-0.25, -0.2) is 0 Å². The van der Waals surface area contributed by atoms with E-state index in [0.29, 0.717) is 39.3 Å². The molecule has 0 spiro atoms. The van der Waals surface area contributed by atoms with Crippen LogP contribution in [0.1, 0.15) is 25.7 Å². The minimum atomic E-state index is -3.38. The van der Waals surface area contributed by atoms with Crippen LogP contribution in [-0.2, 0) is 15.0 Å². The number of hydrogen-bond donors (Lipinski definition) is 1. The molecule has 0 unspecified atom stereocenters. The van der Waals surface area contributed by atoms with Crippen molar-refractivity contribution in [2.45, 2.75) is 25.7 Å². The average Bonchev–Trinajstić information content (AvgIpc) is 2.94. The van der Waals surface area contributed by atoms with Gasteiger partial charge < -0.3 is 5.32 Å². The van der Waals surface area contributed by atoms with Crippen LogP contribution in [0.2, 0.25) is 0 Å². The van der Waals surface area contributed by atoms with E-state index in [-0.39, 0.29) is 12.5 Å². The van der Waals surface area contributed by atoms with Gasteiger partial charge in [0.1, 0.15) is 0 Å². The lowest BCUT2D eigenvalue weighted by molar-refractivity contribution is -0.117. The smallest absolute Gasteiger partial charge is 0.282 e. The molecule has 0 aromatic heterocycles. The molecule has 2 saturated heterocycles. The summed E-state index contributed by atoms with van der Waals surface area (Å²) in [5.74, 6) is -0.0919. The van der Waals surface area contributed by atoms with E-state index >= 15 is 0 Å². The summed E-state index contributed by atoms with van der Waals surface area (Å²) in [6, 6.07) is 7.48. The van der Waals surface area contributed by atoms with Gasteiger partial charge in [0.05, 0.1) is 12.2 Å². The van der Waals surface area contributed by atoms with Crippen molar-refractivity contribution < 1.29 is 13.2 Å². The van der Waals surface area contributed by atoms with Gasteiger partial charge in [-0.3, -0.25) is 9.69 Å². The molecular formula is C18H27BrN4O3S. The number of amides is 1. The van der Waals surface area contributed by atoms with E-state index in [1.165, 1.54) is 0 Å². The van der Waals surface area contributed by atoms with Crippen LogP contribution in [0.25, 0.3) is 0 Å². The molecule has 1 aromatic rings. The standard InChI is InChI=1S/C18H27BrN4O3S/c19-16-7-3-4-8-17(16)20-18(24)15-21-11-13-23(14-12-21)27(25,26)22-9-5-1-2-6-10-22/h3-4,7-8H,1-2,5-6,9-15H2,(H,20,24). The van der Waals surface area contributed by atoms with Crippen molar-refractivity contribution in [3.8, 4) is 0 Å². The van der Waals surface area contributed by atoms with Crippen LogP contribution in [0, 0.1) is 0 Å². The number of anilines is 1. The Morgan fingerprint density at radius 1 is 0.926 bits per heavy atom. The van der Waals surface area contributed by atoms with Crippen molar-refractivity contribution in [1.82, 2.24) is 13.5 Å². The predicted molar refractivity (Wildman–Crippen MR) is 110 cm³/mol. The third-order valence-electron chi connectivity index (χ3n) is 5.06. The molecule has 2 aliphatic heterocycles. The number of hydrogen-bond acceptors (Lipinski definition) is 4. The van der Waals surface area contributed by atoms with Crippen LogP contribution in [0.5, 0.6) is 0 Å². The van der Waals surface area contributed by atoms with E-state index < -0.39 is 10.2 Å². The van der Waals surface area contributed by atoms with Gasteiger partial charge in [-0.2, -0.15) is 17.0 Å². The number of halogens is 1. The number of piperazine rings is 1. The molecule has 1 N–H and O–H groups in total. The zero-order chi connectivity index (χ0) is 19.3. The molecule has 150 valence electrons. The summed E-state index contributed by atoms with van der Waals surface area (Å²) in [6.45, 7) is 3.50. The quantitative estimate of drug-likeness (QED) is 0.733. The zero-order valence-electron chi connectivity index (χ0n) is 15.4. The van der Waals surface area contributed by atoms with Gasteiger partial charge >= 0.3 is 0 Å². The van der Waals surface area contributed by atoms with Crippen molar-refractivity contribution in [3.05, 3.63) is 28.7 Å². The number of carbonyl (C=O) groups excluding carboxylic acids is 1. The first-order chi connectivity index (χ1) is 13.0. The Hall–Kier alpha value is -1.000. The highest BCUT2D eigenvalue weighted by Gasteiger charge is 2.32. The topological polar surface area (TPSA) is 73.0 Å². The zero-order valence-corrected chi connectivity index (χ0v) is 17.8. The van der Waals surface area contributed by atoms with Crippen molar-refractivity contribution in [2.24, 2.45) is 0 Å². The lowest BCUT2D eigenvalue weighted by atomic mass is 10.2. The molecular weight excluding hydrogens is 432 g/mol. The third kappa shape index (κ3) is 5.51. The molecule has 0 aliphatic carbocycles. The Morgan fingerprint density at radius 3 is 2.15 bits per heavy atom. The Bertz CT molecular complexity index is 743. The highest BCUT2D eigenvalue weighted by molar-refractivity contribution is 9.10. The first kappa shape index (κ1) is 20.7. The summed E-state index contributed by atoms with van der Waals surface area (Å²) >= 11 is 3.42. The second kappa shape index (κ2) is 9.47. The van der Waals surface area contributed by atoms with E-state index in [4.69, 9.17) is 0 Å². The molecule has 2 aliphatic rings. The fraction of sp³-hybridized carbons (Fsp3) is 0.611. The van der Waals surface area contributed by atoms with E-state index in [0.717, 1.165) is 35.8 Å². The maximum atomic E-state index is 12.8. The summed E-state index contributed by atoms with van der Waals surface area (Å²) in [6.07, 6.45) is 4.09. The van der Waals surface area contributed by atoms with Crippen molar-refractivity contribution >= 4 is 37.7 Å². The lowest BCUT2D eigenvalue weighted by Crippen LogP contribution is -2.54. The molecule has 2 fully saturated rings. The number of carbonyl (C=O) groups is 1. The number of para-hydroxylation sites is 1. The van der Waals surface area contributed by atoms with Crippen LogP contribution in [0.4, 0.5) is 5.69 Å². The number of benzene rings is 1. The maximum Gasteiger partial charge on any atom is 0.282 e. The SMILES string of the molecule is O=C(CN1CCN(S(=O)(=O)N2CCCCCC2)CC1)Nc1ccccc1Br. The molecule has 7 nitrogen and oxygen atoms in total. The van der Waals surface area contributed by atoms with Crippen LogP contribution < -0.4 is 5.32 Å². The second-order valence-corrected chi connectivity index (χ2v) is 9.81. The van der Waals surface area contributed by atoms with Gasteiger partial charge in [-0.05, 0) is 40.9 Å². The van der Waals surface area contributed by atoms with Gasteiger partial charge in [0.15, 0.2) is 0 Å². The minimum absolute atomic E-state index is 0.0919. The fourth-order valence-electron chi connectivity index (χ4n) is 3.51. The molecule has 0 radical (unpaired) electrons. The first-order valence-electron chi connectivity index (χ1n) is 9.49. The van der Waals surface area contributed by atoms with E-state index in [9.17, 15) is 13.2 Å². The molecule has 1 aromatic carbocycles. The van der Waals surface area contributed by atoms with E-state index in [1.54, 1.807) is 8.61 Å². The van der Waals surface area contributed by atoms with Crippen LogP contribution in [-0.4, -0.2) is 73.6 Å². The molecule has 0 atom stereocenters. The van der Waals surface area contributed by atoms with Crippen LogP contribution >= 0.6 is 15.9 Å². The summed E-state index contributed by atoms with van der Waals surface area (Å²) in [7, 11) is -3.38. The number of nitrogens with zero attached hydrogens (tertiary/aromatic N) is 3. The summed E-state index contributed by atoms with van der Waals surface area (Å²) in [5, 5.41) is 2.89. The lowest BCUT2D eigenvalue weighted by Gasteiger charge is -2.36. The van der Waals surface area contributed by atoms with Crippen LogP contribution in [0.3, 0.4) is 0 Å². The summed E-state index contributed by atoms with van der Waals surface area (Å²) < 4.78 is 29.7. The Labute approximate surface area is 170 Å². The minimum Gasteiger partial charge on any atom is -0.324 e. The largest absolute Gasteiger partial charge is 0.324 e. The Balaban J connectivity index is 1.49. The maximum absolute atomic E-state index is 12.8. The first-order valence-corrected chi connectivity index (χ1v) is 11.7. The normalized spacial score (nSPS) is 20.9. The van der Waals surface area contributed by atoms with Crippen molar-refractivity contribution in [1.29, 1.82) is 0 Å². The third-order valence-corrected chi connectivity index (χ3v) is 7.79. The van der Waals surface area contributed by atoms with Gasteiger partial charge in [-0.1, -0.05) is 25.0 Å². The molecule has 27 heavy (non-hydrogen) atoms. The second-order valence-electron chi connectivity index (χ2n) is 7.02. The Kier molecular flexibility index (Phi) is 7.27. The van der Waals surface area contributed by atoms with Crippen LogP contribution in [0.15, 0.2) is 28.7 Å². The molecule has 0 saturated carbocycles. The predicted octanol–water partition coefficient (Wildman–Crippen LogP) is 2.13. The van der Waals surface area contributed by atoms with Crippen molar-refractivity contribution in [3.63, 3.8) is 0 Å². The summed E-state index contributed by atoms with van der Waals surface area (Å²) in [4.78, 5) is 14.3. The van der Waals surface area contributed by atoms with Gasteiger partial charge in [0.25, 0.3) is 10.2 Å². The highest BCUT2D eigenvalue weighted by Crippen LogP contribution is 2.21.